The number of ether oxygens (including phenoxy) is 1. The van der Waals surface area contributed by atoms with Crippen LogP contribution in [0.5, 0.6) is 0 Å². The Bertz CT molecular complexity index is 779. The van der Waals surface area contributed by atoms with E-state index in [0.717, 1.165) is 0 Å². The maximum atomic E-state index is 10.7. The van der Waals surface area contributed by atoms with Gasteiger partial charge in [0.25, 0.3) is 0 Å². The summed E-state index contributed by atoms with van der Waals surface area (Å²) in [5.41, 5.74) is 6.52. The van der Waals surface area contributed by atoms with Gasteiger partial charge in [0.15, 0.2) is 11.5 Å². The van der Waals surface area contributed by atoms with Crippen molar-refractivity contribution in [2.75, 3.05) is 12.3 Å². The van der Waals surface area contributed by atoms with Gasteiger partial charge >= 0.3 is 7.82 Å². The van der Waals surface area contributed by atoms with Gasteiger partial charge in [0, 0.05) is 0 Å². The summed E-state index contributed by atoms with van der Waals surface area (Å²) in [5, 5.41) is 20.0. The van der Waals surface area contributed by atoms with Crippen molar-refractivity contribution >= 4 is 24.8 Å². The van der Waals surface area contributed by atoms with Gasteiger partial charge in [-0.15, -0.1) is 0 Å². The number of imidazole rings is 1. The molecule has 3 heterocycles. The van der Waals surface area contributed by atoms with E-state index in [2.05, 4.69) is 19.5 Å². The van der Waals surface area contributed by atoms with E-state index >= 15 is 0 Å². The van der Waals surface area contributed by atoms with Crippen LogP contribution in [0.15, 0.2) is 12.7 Å². The molecule has 2 aromatic heterocycles. The van der Waals surface area contributed by atoms with Gasteiger partial charge in [-0.05, 0) is 0 Å². The number of aliphatic hydroxyl groups excluding tert-OH is 2. The van der Waals surface area contributed by atoms with Gasteiger partial charge in [-0.25, -0.2) is 19.5 Å². The van der Waals surface area contributed by atoms with Crippen LogP contribution in [0.3, 0.4) is 0 Å². The standard InChI is InChI=1S/C11H16N5O7P/c12-10-7-11(14-3-13-10)16(4-15-7)1-5-8(17)9(18)6(23-5)2-22-24(19,20)21/h3-6,8-9,17-18H,1-2H2,(H2,12,13,14)(H2,19,20,21)/t5-,6+,8?,9?/m0/s1. The van der Waals surface area contributed by atoms with E-state index < -0.39 is 38.8 Å². The summed E-state index contributed by atoms with van der Waals surface area (Å²) in [7, 11) is -4.70. The number of nitrogen functional groups attached to an aromatic ring is 1. The van der Waals surface area contributed by atoms with Crippen LogP contribution in [-0.2, 0) is 20.4 Å². The average molecular weight is 361 g/mol. The lowest BCUT2D eigenvalue weighted by Crippen LogP contribution is -2.35. The lowest BCUT2D eigenvalue weighted by Gasteiger charge is -2.15. The molecule has 0 amide bonds. The molecule has 1 aliphatic heterocycles. The van der Waals surface area contributed by atoms with Gasteiger partial charge < -0.3 is 35.0 Å². The van der Waals surface area contributed by atoms with Crippen LogP contribution < -0.4 is 5.73 Å². The zero-order chi connectivity index (χ0) is 17.5. The zero-order valence-corrected chi connectivity index (χ0v) is 13.1. The molecule has 132 valence electrons. The lowest BCUT2D eigenvalue weighted by molar-refractivity contribution is -0.0257. The van der Waals surface area contributed by atoms with Crippen molar-refractivity contribution in [1.29, 1.82) is 0 Å². The van der Waals surface area contributed by atoms with Gasteiger partial charge in [-0.3, -0.25) is 4.52 Å². The molecular formula is C11H16N5O7P. The molecule has 3 rings (SSSR count). The molecule has 13 heteroatoms. The summed E-state index contributed by atoms with van der Waals surface area (Å²) < 4.78 is 22.1. The van der Waals surface area contributed by atoms with Crippen molar-refractivity contribution in [3.05, 3.63) is 12.7 Å². The second-order valence-electron chi connectivity index (χ2n) is 5.31. The van der Waals surface area contributed by atoms with Crippen molar-refractivity contribution in [3.63, 3.8) is 0 Å². The maximum Gasteiger partial charge on any atom is 0.469 e. The van der Waals surface area contributed by atoms with Crippen molar-refractivity contribution < 1.29 is 33.8 Å². The molecule has 1 aliphatic rings. The Kier molecular flexibility index (Phi) is 4.53. The second-order valence-corrected chi connectivity index (χ2v) is 6.55. The van der Waals surface area contributed by atoms with E-state index in [9.17, 15) is 14.8 Å². The number of anilines is 1. The molecule has 0 aliphatic carbocycles. The Labute approximate surface area is 135 Å². The van der Waals surface area contributed by atoms with E-state index in [-0.39, 0.29) is 12.4 Å². The minimum Gasteiger partial charge on any atom is -0.388 e. The fourth-order valence-corrected chi connectivity index (χ4v) is 2.85. The van der Waals surface area contributed by atoms with Crippen LogP contribution in [0.25, 0.3) is 11.2 Å². The molecule has 2 unspecified atom stereocenters. The third-order valence-corrected chi connectivity index (χ3v) is 4.16. The summed E-state index contributed by atoms with van der Waals surface area (Å²) >= 11 is 0. The topological polar surface area (TPSA) is 186 Å². The fourth-order valence-electron chi connectivity index (χ4n) is 2.51. The first-order valence-electron chi connectivity index (χ1n) is 6.89. The number of aromatic nitrogens is 4. The smallest absolute Gasteiger partial charge is 0.388 e. The molecule has 4 atom stereocenters. The first-order valence-corrected chi connectivity index (χ1v) is 8.42. The van der Waals surface area contributed by atoms with Gasteiger partial charge in [0.1, 0.15) is 36.3 Å². The fraction of sp³-hybridized carbons (Fsp3) is 0.545. The van der Waals surface area contributed by atoms with Crippen LogP contribution in [0.1, 0.15) is 0 Å². The minimum atomic E-state index is -4.70. The molecule has 1 fully saturated rings. The molecule has 6 N–H and O–H groups in total. The third-order valence-electron chi connectivity index (χ3n) is 3.67. The minimum absolute atomic E-state index is 0.0948. The molecule has 0 radical (unpaired) electrons. The second kappa shape index (κ2) is 6.33. The molecule has 0 saturated carbocycles. The number of aliphatic hydroxyl groups is 2. The van der Waals surface area contributed by atoms with Crippen LogP contribution >= 0.6 is 7.82 Å². The molecule has 12 nitrogen and oxygen atoms in total. The predicted molar refractivity (Wildman–Crippen MR) is 78.4 cm³/mol. The van der Waals surface area contributed by atoms with E-state index in [1.807, 2.05) is 0 Å². The highest BCUT2D eigenvalue weighted by Gasteiger charge is 2.43. The highest BCUT2D eigenvalue weighted by atomic mass is 31.2. The summed E-state index contributed by atoms with van der Waals surface area (Å²) in [6.07, 6.45) is -1.83. The summed E-state index contributed by atoms with van der Waals surface area (Å²) in [5.74, 6) is 0.208. The molecule has 0 bridgehead atoms. The van der Waals surface area contributed by atoms with Crippen molar-refractivity contribution in [2.24, 2.45) is 0 Å². The number of fused-ring (bicyclic) bond motifs is 1. The quantitative estimate of drug-likeness (QED) is 0.371. The summed E-state index contributed by atoms with van der Waals surface area (Å²) in [4.78, 5) is 29.4. The number of hydrogen-bond acceptors (Lipinski definition) is 9. The Morgan fingerprint density at radius 1 is 1.25 bits per heavy atom. The number of rotatable bonds is 5. The Morgan fingerprint density at radius 2 is 1.96 bits per heavy atom. The van der Waals surface area contributed by atoms with Crippen LogP contribution in [0.2, 0.25) is 0 Å². The van der Waals surface area contributed by atoms with E-state index in [1.165, 1.54) is 12.7 Å². The summed E-state index contributed by atoms with van der Waals surface area (Å²) in [6, 6.07) is 0. The summed E-state index contributed by atoms with van der Waals surface area (Å²) in [6.45, 7) is -0.462. The van der Waals surface area contributed by atoms with Crippen LogP contribution in [0, 0.1) is 0 Å². The number of phosphoric acid groups is 1. The number of nitrogens with two attached hydrogens (primary N) is 1. The Morgan fingerprint density at radius 3 is 2.67 bits per heavy atom. The van der Waals surface area contributed by atoms with Gasteiger partial charge in [0.05, 0.1) is 19.5 Å². The lowest BCUT2D eigenvalue weighted by atomic mass is 10.1. The van der Waals surface area contributed by atoms with Crippen LogP contribution in [-0.4, -0.2) is 70.5 Å². The SMILES string of the molecule is Nc1ncnc2c1ncn2C[C@@H]1O[C@H](COP(=O)(O)O)C(O)C1O. The third kappa shape index (κ3) is 3.39. The molecule has 0 spiro atoms. The molecule has 24 heavy (non-hydrogen) atoms. The predicted octanol–water partition coefficient (Wildman–Crippen LogP) is -1.99. The molecular weight excluding hydrogens is 345 g/mol. The molecule has 2 aromatic rings. The van der Waals surface area contributed by atoms with Crippen LogP contribution in [0.4, 0.5) is 5.82 Å². The van der Waals surface area contributed by atoms with Crippen molar-refractivity contribution in [2.45, 2.75) is 31.0 Å². The highest BCUT2D eigenvalue weighted by Crippen LogP contribution is 2.37. The van der Waals surface area contributed by atoms with Crippen molar-refractivity contribution in [1.82, 2.24) is 19.5 Å². The molecule has 0 aromatic carbocycles. The van der Waals surface area contributed by atoms with E-state index in [1.54, 1.807) is 4.57 Å². The van der Waals surface area contributed by atoms with E-state index in [4.69, 9.17) is 20.3 Å². The first kappa shape index (κ1) is 17.2. The zero-order valence-electron chi connectivity index (χ0n) is 12.2. The average Bonchev–Trinajstić information content (AvgIpc) is 3.03. The van der Waals surface area contributed by atoms with Gasteiger partial charge in [0.2, 0.25) is 0 Å². The Balaban J connectivity index is 1.73. The largest absolute Gasteiger partial charge is 0.469 e. The van der Waals surface area contributed by atoms with Gasteiger partial charge in [-0.2, -0.15) is 0 Å². The number of phosphoric ester groups is 1. The normalized spacial score (nSPS) is 27.8. The maximum absolute atomic E-state index is 10.7. The first-order chi connectivity index (χ1) is 11.3. The van der Waals surface area contributed by atoms with Crippen molar-refractivity contribution in [3.8, 4) is 0 Å². The number of nitrogens with zero attached hydrogens (tertiary/aromatic N) is 4. The van der Waals surface area contributed by atoms with E-state index in [0.29, 0.717) is 11.2 Å². The monoisotopic (exact) mass is 361 g/mol. The molecule has 1 saturated heterocycles. The van der Waals surface area contributed by atoms with Gasteiger partial charge in [-0.1, -0.05) is 0 Å². The number of hydrogen-bond donors (Lipinski definition) is 5. The Hall–Kier alpha value is -1.66. The highest BCUT2D eigenvalue weighted by molar-refractivity contribution is 7.46.